The van der Waals surface area contributed by atoms with Gasteiger partial charge >= 0.3 is 0 Å². The third kappa shape index (κ3) is 4.27. The summed E-state index contributed by atoms with van der Waals surface area (Å²) >= 11 is 0. The van der Waals surface area contributed by atoms with Gasteiger partial charge in [0.25, 0.3) is 0 Å². The second-order valence-electron chi connectivity index (χ2n) is 5.49. The van der Waals surface area contributed by atoms with Crippen LogP contribution in [0.4, 0.5) is 0 Å². The Morgan fingerprint density at radius 3 is 2.79 bits per heavy atom. The quantitative estimate of drug-likeness (QED) is 0.879. The van der Waals surface area contributed by atoms with Gasteiger partial charge in [-0.2, -0.15) is 0 Å². The molecule has 2 atom stereocenters. The number of morpholine rings is 1. The van der Waals surface area contributed by atoms with Crippen LogP contribution in [0.1, 0.15) is 32.4 Å². The highest BCUT2D eigenvalue weighted by Gasteiger charge is 2.22. The Morgan fingerprint density at radius 1 is 1.37 bits per heavy atom. The summed E-state index contributed by atoms with van der Waals surface area (Å²) in [5.41, 5.74) is 1.27. The standard InChI is InChI=1S/C15H25N3O/c1-12(2)18-8-9-19-15(11-18)10-17-13(3)14-4-6-16-7-5-14/h4-7,12-13,15,17H,8-11H2,1-3H3/t13-,15?/m0/s1. The first-order valence-electron chi connectivity index (χ1n) is 7.15. The van der Waals surface area contributed by atoms with Crippen LogP contribution >= 0.6 is 0 Å². The number of hydrogen-bond acceptors (Lipinski definition) is 4. The molecule has 0 radical (unpaired) electrons. The fourth-order valence-corrected chi connectivity index (χ4v) is 2.41. The van der Waals surface area contributed by atoms with E-state index in [1.807, 2.05) is 12.4 Å². The highest BCUT2D eigenvalue weighted by molar-refractivity contribution is 5.13. The number of rotatable bonds is 5. The van der Waals surface area contributed by atoms with Crippen LogP contribution in [-0.4, -0.2) is 48.3 Å². The van der Waals surface area contributed by atoms with E-state index in [1.54, 1.807) is 0 Å². The Hall–Kier alpha value is -0.970. The van der Waals surface area contributed by atoms with Gasteiger partial charge in [0.05, 0.1) is 12.7 Å². The number of pyridine rings is 1. The van der Waals surface area contributed by atoms with Crippen molar-refractivity contribution in [1.82, 2.24) is 15.2 Å². The fraction of sp³-hybridized carbons (Fsp3) is 0.667. The summed E-state index contributed by atoms with van der Waals surface area (Å²) in [5.74, 6) is 0. The van der Waals surface area contributed by atoms with Crippen molar-refractivity contribution in [3.05, 3.63) is 30.1 Å². The van der Waals surface area contributed by atoms with E-state index in [9.17, 15) is 0 Å². The van der Waals surface area contributed by atoms with Crippen molar-refractivity contribution in [3.8, 4) is 0 Å². The average Bonchev–Trinajstić information content (AvgIpc) is 2.46. The predicted octanol–water partition coefficient (Wildman–Crippen LogP) is 1.84. The molecule has 19 heavy (non-hydrogen) atoms. The van der Waals surface area contributed by atoms with Crippen molar-refractivity contribution in [2.75, 3.05) is 26.2 Å². The third-order valence-corrected chi connectivity index (χ3v) is 3.76. The molecule has 1 aromatic heterocycles. The maximum absolute atomic E-state index is 5.83. The van der Waals surface area contributed by atoms with E-state index < -0.39 is 0 Å². The van der Waals surface area contributed by atoms with Gasteiger partial charge in [0, 0.05) is 44.1 Å². The number of ether oxygens (including phenoxy) is 1. The normalized spacial score (nSPS) is 22.6. The first kappa shape index (κ1) is 14.4. The second-order valence-corrected chi connectivity index (χ2v) is 5.49. The molecule has 1 unspecified atom stereocenters. The molecule has 0 aromatic carbocycles. The number of aromatic nitrogens is 1. The van der Waals surface area contributed by atoms with Gasteiger partial charge in [0.15, 0.2) is 0 Å². The smallest absolute Gasteiger partial charge is 0.0827 e. The van der Waals surface area contributed by atoms with Crippen molar-refractivity contribution < 1.29 is 4.74 Å². The SMILES string of the molecule is CC(C)N1CCOC(CN[C@@H](C)c2ccncc2)C1. The van der Waals surface area contributed by atoms with Gasteiger partial charge in [0.2, 0.25) is 0 Å². The molecule has 0 amide bonds. The first-order valence-corrected chi connectivity index (χ1v) is 7.15. The lowest BCUT2D eigenvalue weighted by Crippen LogP contribution is -2.49. The van der Waals surface area contributed by atoms with Gasteiger partial charge < -0.3 is 10.1 Å². The summed E-state index contributed by atoms with van der Waals surface area (Å²) in [6.45, 7) is 10.5. The van der Waals surface area contributed by atoms with Crippen LogP contribution in [0, 0.1) is 0 Å². The van der Waals surface area contributed by atoms with Crippen molar-refractivity contribution in [2.24, 2.45) is 0 Å². The highest BCUT2D eigenvalue weighted by Crippen LogP contribution is 2.12. The van der Waals surface area contributed by atoms with E-state index >= 15 is 0 Å². The molecule has 4 nitrogen and oxygen atoms in total. The minimum absolute atomic E-state index is 0.292. The number of hydrogen-bond donors (Lipinski definition) is 1. The van der Waals surface area contributed by atoms with Crippen molar-refractivity contribution in [2.45, 2.75) is 39.0 Å². The van der Waals surface area contributed by atoms with Crippen LogP contribution in [0.15, 0.2) is 24.5 Å². The Balaban J connectivity index is 1.79. The average molecular weight is 263 g/mol. The molecular formula is C15H25N3O. The molecule has 1 fully saturated rings. The molecule has 2 rings (SSSR count). The molecule has 1 aliphatic rings. The molecule has 0 saturated carbocycles. The maximum atomic E-state index is 5.83. The van der Waals surface area contributed by atoms with Gasteiger partial charge in [0.1, 0.15) is 0 Å². The lowest BCUT2D eigenvalue weighted by atomic mass is 10.1. The molecule has 1 N–H and O–H groups in total. The Bertz CT molecular complexity index is 369. The summed E-state index contributed by atoms with van der Waals surface area (Å²) in [6.07, 6.45) is 3.97. The summed E-state index contributed by atoms with van der Waals surface area (Å²) in [5, 5.41) is 3.55. The molecule has 4 heteroatoms. The zero-order chi connectivity index (χ0) is 13.7. The van der Waals surface area contributed by atoms with Gasteiger partial charge in [-0.1, -0.05) is 0 Å². The summed E-state index contributed by atoms with van der Waals surface area (Å²) in [7, 11) is 0. The van der Waals surface area contributed by atoms with Crippen LogP contribution in [0.5, 0.6) is 0 Å². The molecule has 106 valence electrons. The topological polar surface area (TPSA) is 37.4 Å². The Labute approximate surface area is 116 Å². The fourth-order valence-electron chi connectivity index (χ4n) is 2.41. The van der Waals surface area contributed by atoms with Crippen molar-refractivity contribution >= 4 is 0 Å². The lowest BCUT2D eigenvalue weighted by Gasteiger charge is -2.36. The van der Waals surface area contributed by atoms with E-state index in [0.717, 1.165) is 26.2 Å². The molecule has 0 spiro atoms. The zero-order valence-electron chi connectivity index (χ0n) is 12.2. The van der Waals surface area contributed by atoms with E-state index in [-0.39, 0.29) is 0 Å². The Kier molecular flexibility index (Phi) is 5.31. The minimum Gasteiger partial charge on any atom is -0.374 e. The summed E-state index contributed by atoms with van der Waals surface area (Å²) < 4.78 is 5.83. The van der Waals surface area contributed by atoms with E-state index in [4.69, 9.17) is 4.74 Å². The second kappa shape index (κ2) is 6.98. The molecule has 0 bridgehead atoms. The number of nitrogens with one attached hydrogen (secondary N) is 1. The van der Waals surface area contributed by atoms with E-state index in [2.05, 4.69) is 48.1 Å². The maximum Gasteiger partial charge on any atom is 0.0827 e. The number of nitrogens with zero attached hydrogens (tertiary/aromatic N) is 2. The molecule has 1 saturated heterocycles. The van der Waals surface area contributed by atoms with Crippen molar-refractivity contribution in [1.29, 1.82) is 0 Å². The molecule has 2 heterocycles. The molecule has 1 aliphatic heterocycles. The predicted molar refractivity (Wildman–Crippen MR) is 77.1 cm³/mol. The Morgan fingerprint density at radius 2 is 2.11 bits per heavy atom. The monoisotopic (exact) mass is 263 g/mol. The minimum atomic E-state index is 0.292. The molecule has 0 aliphatic carbocycles. The third-order valence-electron chi connectivity index (χ3n) is 3.76. The van der Waals surface area contributed by atoms with Gasteiger partial charge in [-0.05, 0) is 38.5 Å². The molecule has 1 aromatic rings. The van der Waals surface area contributed by atoms with Gasteiger partial charge in [-0.15, -0.1) is 0 Å². The van der Waals surface area contributed by atoms with Gasteiger partial charge in [-0.25, -0.2) is 0 Å². The van der Waals surface area contributed by atoms with E-state index in [0.29, 0.717) is 18.2 Å². The zero-order valence-corrected chi connectivity index (χ0v) is 12.2. The largest absolute Gasteiger partial charge is 0.374 e. The van der Waals surface area contributed by atoms with E-state index in [1.165, 1.54) is 5.56 Å². The van der Waals surface area contributed by atoms with Crippen LogP contribution in [0.25, 0.3) is 0 Å². The lowest BCUT2D eigenvalue weighted by molar-refractivity contribution is -0.0379. The molecular weight excluding hydrogens is 238 g/mol. The van der Waals surface area contributed by atoms with Crippen molar-refractivity contribution in [3.63, 3.8) is 0 Å². The highest BCUT2D eigenvalue weighted by atomic mass is 16.5. The first-order chi connectivity index (χ1) is 9.16. The summed E-state index contributed by atoms with van der Waals surface area (Å²) in [4.78, 5) is 6.53. The summed E-state index contributed by atoms with van der Waals surface area (Å²) in [6, 6.07) is 5.05. The van der Waals surface area contributed by atoms with Gasteiger partial charge in [-0.3, -0.25) is 9.88 Å². The van der Waals surface area contributed by atoms with Crippen LogP contribution in [0.2, 0.25) is 0 Å². The van der Waals surface area contributed by atoms with Crippen LogP contribution < -0.4 is 5.32 Å². The van der Waals surface area contributed by atoms with Crippen LogP contribution in [-0.2, 0) is 4.74 Å². The van der Waals surface area contributed by atoms with Crippen LogP contribution in [0.3, 0.4) is 0 Å².